The molecule has 0 rings (SSSR count). The zero-order chi connectivity index (χ0) is 14.7. The Hall–Kier alpha value is -0.350. The van der Waals surface area contributed by atoms with Gasteiger partial charge in [0.25, 0.3) is 0 Å². The molecular formula is C16H33BrN2O. The van der Waals surface area contributed by atoms with E-state index in [-0.39, 0.29) is 22.9 Å². The van der Waals surface area contributed by atoms with Crippen LogP contribution < -0.4 is 22.3 Å². The molecule has 0 bridgehead atoms. The van der Waals surface area contributed by atoms with Crippen LogP contribution >= 0.6 is 0 Å². The number of halogens is 1. The van der Waals surface area contributed by atoms with Crippen LogP contribution in [0.3, 0.4) is 0 Å². The molecule has 0 radical (unpaired) electrons. The molecule has 0 atom stereocenters. The first kappa shape index (κ1) is 21.9. The Morgan fingerprint density at radius 3 is 2.15 bits per heavy atom. The number of nitrogens with zero attached hydrogens (tertiary/aromatic N) is 1. The summed E-state index contributed by atoms with van der Waals surface area (Å²) in [5.41, 5.74) is 0.584. The van der Waals surface area contributed by atoms with Crippen LogP contribution in [0.25, 0.3) is 0 Å². The van der Waals surface area contributed by atoms with Crippen LogP contribution in [0.4, 0.5) is 0 Å². The van der Waals surface area contributed by atoms with Gasteiger partial charge in [0.2, 0.25) is 5.91 Å². The molecule has 0 unspecified atom stereocenters. The Morgan fingerprint density at radius 1 is 1.05 bits per heavy atom. The van der Waals surface area contributed by atoms with Crippen LogP contribution in [0, 0.1) is 0 Å². The number of amides is 1. The highest BCUT2D eigenvalue weighted by Crippen LogP contribution is 2.07. The lowest BCUT2D eigenvalue weighted by molar-refractivity contribution is -0.889. The maximum atomic E-state index is 11.4. The summed E-state index contributed by atoms with van der Waals surface area (Å²) in [5.74, 6) is -0.0282. The Balaban J connectivity index is 0. The molecule has 0 aromatic rings. The zero-order valence-corrected chi connectivity index (χ0v) is 15.4. The molecule has 0 saturated carbocycles. The Morgan fingerprint density at radius 2 is 1.60 bits per heavy atom. The van der Waals surface area contributed by atoms with Crippen molar-refractivity contribution >= 4 is 5.91 Å². The molecule has 0 aliphatic rings. The van der Waals surface area contributed by atoms with Crippen molar-refractivity contribution in [1.29, 1.82) is 0 Å². The van der Waals surface area contributed by atoms with Gasteiger partial charge < -0.3 is 26.8 Å². The van der Waals surface area contributed by atoms with Gasteiger partial charge in [0.15, 0.2) is 0 Å². The van der Waals surface area contributed by atoms with E-state index in [9.17, 15) is 4.79 Å². The summed E-state index contributed by atoms with van der Waals surface area (Å²) in [6.07, 6.45) is 8.03. The van der Waals surface area contributed by atoms with Crippen molar-refractivity contribution in [2.45, 2.75) is 52.4 Å². The minimum atomic E-state index is -0.0282. The summed E-state index contributed by atoms with van der Waals surface area (Å²) in [6, 6.07) is 0. The minimum absolute atomic E-state index is 0. The van der Waals surface area contributed by atoms with E-state index in [0.717, 1.165) is 17.6 Å². The maximum Gasteiger partial charge on any atom is 0.246 e. The van der Waals surface area contributed by atoms with Crippen LogP contribution in [0.5, 0.6) is 0 Å². The van der Waals surface area contributed by atoms with E-state index in [1.165, 1.54) is 45.1 Å². The SMILES string of the molecule is C=C(C)C(=O)NCC[N+](C)(C)CCCCCCCC.[Br-]. The predicted molar refractivity (Wildman–Crippen MR) is 83.0 cm³/mol. The summed E-state index contributed by atoms with van der Waals surface area (Å²) in [7, 11) is 4.47. The normalized spacial score (nSPS) is 10.8. The number of carbonyl (C=O) groups is 1. The third kappa shape index (κ3) is 12.7. The molecule has 0 aliphatic carbocycles. The van der Waals surface area contributed by atoms with E-state index in [1.807, 2.05) is 0 Å². The molecule has 20 heavy (non-hydrogen) atoms. The quantitative estimate of drug-likeness (QED) is 0.320. The molecule has 0 spiro atoms. The Kier molecular flexibility index (Phi) is 13.6. The Bertz CT molecular complexity index is 278. The first-order valence-corrected chi connectivity index (χ1v) is 7.65. The van der Waals surface area contributed by atoms with Crippen molar-refractivity contribution in [1.82, 2.24) is 5.32 Å². The van der Waals surface area contributed by atoms with Crippen molar-refractivity contribution in [3.63, 3.8) is 0 Å². The van der Waals surface area contributed by atoms with E-state index in [4.69, 9.17) is 0 Å². The van der Waals surface area contributed by atoms with Gasteiger partial charge in [-0.2, -0.15) is 0 Å². The standard InChI is InChI=1S/C16H32N2O.BrH/c1-6-7-8-9-10-11-13-18(4,5)14-12-17-16(19)15(2)3;/h2,6-14H2,1,3-5H3;1H. The average molecular weight is 349 g/mol. The fraction of sp³-hybridized carbons (Fsp3) is 0.812. The van der Waals surface area contributed by atoms with Gasteiger partial charge in [-0.05, 0) is 19.8 Å². The smallest absolute Gasteiger partial charge is 0.246 e. The summed E-state index contributed by atoms with van der Waals surface area (Å²) in [4.78, 5) is 11.4. The van der Waals surface area contributed by atoms with Gasteiger partial charge in [0, 0.05) is 5.57 Å². The molecular weight excluding hydrogens is 316 g/mol. The van der Waals surface area contributed by atoms with Gasteiger partial charge in [0.05, 0.1) is 33.7 Å². The lowest BCUT2D eigenvalue weighted by atomic mass is 10.1. The highest BCUT2D eigenvalue weighted by atomic mass is 79.9. The lowest BCUT2D eigenvalue weighted by Crippen LogP contribution is -3.00. The fourth-order valence-electron chi connectivity index (χ4n) is 2.05. The van der Waals surface area contributed by atoms with Gasteiger partial charge in [-0.15, -0.1) is 0 Å². The van der Waals surface area contributed by atoms with Crippen molar-refractivity contribution in [3.8, 4) is 0 Å². The number of nitrogens with one attached hydrogen (secondary N) is 1. The number of hydrogen-bond donors (Lipinski definition) is 1. The highest BCUT2D eigenvalue weighted by molar-refractivity contribution is 5.91. The first-order valence-electron chi connectivity index (χ1n) is 7.65. The lowest BCUT2D eigenvalue weighted by Gasteiger charge is -2.30. The van der Waals surface area contributed by atoms with E-state index in [2.05, 4.69) is 32.9 Å². The molecule has 120 valence electrons. The van der Waals surface area contributed by atoms with Gasteiger partial charge in [-0.25, -0.2) is 0 Å². The van der Waals surface area contributed by atoms with Crippen LogP contribution in [-0.4, -0.2) is 44.1 Å². The van der Waals surface area contributed by atoms with Gasteiger partial charge in [0.1, 0.15) is 0 Å². The third-order valence-electron chi connectivity index (χ3n) is 3.51. The number of likely N-dealkylation sites (N-methyl/N-ethyl adjacent to an activating group) is 1. The second-order valence-electron chi connectivity index (χ2n) is 6.19. The number of carbonyl (C=O) groups excluding carboxylic acids is 1. The highest BCUT2D eigenvalue weighted by Gasteiger charge is 2.14. The van der Waals surface area contributed by atoms with E-state index in [1.54, 1.807) is 6.92 Å². The zero-order valence-electron chi connectivity index (χ0n) is 13.8. The summed E-state index contributed by atoms with van der Waals surface area (Å²) < 4.78 is 0.976. The molecule has 0 aromatic heterocycles. The van der Waals surface area contributed by atoms with E-state index in [0.29, 0.717) is 5.57 Å². The molecule has 4 heteroatoms. The molecule has 1 N–H and O–H groups in total. The minimum Gasteiger partial charge on any atom is -1.00 e. The fourth-order valence-corrected chi connectivity index (χ4v) is 2.05. The Labute approximate surface area is 136 Å². The van der Waals surface area contributed by atoms with Crippen molar-refractivity contribution < 1.29 is 26.3 Å². The number of quaternary nitrogens is 1. The van der Waals surface area contributed by atoms with Crippen molar-refractivity contribution in [2.24, 2.45) is 0 Å². The molecule has 1 amide bonds. The second-order valence-corrected chi connectivity index (χ2v) is 6.19. The number of unbranched alkanes of at least 4 members (excludes halogenated alkanes) is 5. The first-order chi connectivity index (χ1) is 8.89. The maximum absolute atomic E-state index is 11.4. The van der Waals surface area contributed by atoms with E-state index < -0.39 is 0 Å². The summed E-state index contributed by atoms with van der Waals surface area (Å²) in [5, 5.41) is 2.90. The molecule has 0 aromatic carbocycles. The molecule has 0 fully saturated rings. The molecule has 0 saturated heterocycles. The topological polar surface area (TPSA) is 29.1 Å². The van der Waals surface area contributed by atoms with Crippen LogP contribution in [0.1, 0.15) is 52.4 Å². The summed E-state index contributed by atoms with van der Waals surface area (Å²) in [6.45, 7) is 10.5. The van der Waals surface area contributed by atoms with Crippen molar-refractivity contribution in [2.75, 3.05) is 33.7 Å². The predicted octanol–water partition coefficient (Wildman–Crippen LogP) is 0.120. The molecule has 0 aliphatic heterocycles. The van der Waals surface area contributed by atoms with Crippen LogP contribution in [0.2, 0.25) is 0 Å². The van der Waals surface area contributed by atoms with Gasteiger partial charge >= 0.3 is 0 Å². The van der Waals surface area contributed by atoms with Gasteiger partial charge in [-0.3, -0.25) is 4.79 Å². The third-order valence-corrected chi connectivity index (χ3v) is 3.51. The van der Waals surface area contributed by atoms with Crippen LogP contribution in [0.15, 0.2) is 12.2 Å². The van der Waals surface area contributed by atoms with Crippen LogP contribution in [-0.2, 0) is 4.79 Å². The van der Waals surface area contributed by atoms with E-state index >= 15 is 0 Å². The number of hydrogen-bond acceptors (Lipinski definition) is 1. The van der Waals surface area contributed by atoms with Crippen molar-refractivity contribution in [3.05, 3.63) is 12.2 Å². The monoisotopic (exact) mass is 348 g/mol. The summed E-state index contributed by atoms with van der Waals surface area (Å²) >= 11 is 0. The largest absolute Gasteiger partial charge is 1.00 e. The van der Waals surface area contributed by atoms with Gasteiger partial charge in [-0.1, -0.05) is 39.2 Å². The average Bonchev–Trinajstić information content (AvgIpc) is 2.33. The number of rotatable bonds is 11. The second kappa shape index (κ2) is 12.4. The molecule has 0 heterocycles. The molecule has 3 nitrogen and oxygen atoms in total.